The second-order valence-electron chi connectivity index (χ2n) is 5.54. The van der Waals surface area contributed by atoms with Crippen LogP contribution in [0.1, 0.15) is 17.5 Å². The van der Waals surface area contributed by atoms with Gasteiger partial charge in [0.25, 0.3) is 0 Å². The molecule has 0 radical (unpaired) electrons. The summed E-state index contributed by atoms with van der Waals surface area (Å²) >= 11 is 0. The van der Waals surface area contributed by atoms with Crippen molar-refractivity contribution >= 4 is 16.2 Å². The number of ether oxygens (including phenoxy) is 2. The minimum Gasteiger partial charge on any atom is -0.497 e. The summed E-state index contributed by atoms with van der Waals surface area (Å²) < 4.78 is 38.4. The van der Waals surface area contributed by atoms with Crippen LogP contribution in [0, 0.1) is 6.92 Å². The molecule has 0 unspecified atom stereocenters. The third-order valence-electron chi connectivity index (χ3n) is 3.52. The molecule has 0 aliphatic heterocycles. The first-order valence-corrected chi connectivity index (χ1v) is 9.37. The van der Waals surface area contributed by atoms with E-state index in [9.17, 15) is 13.2 Å². The van der Waals surface area contributed by atoms with Crippen molar-refractivity contribution in [1.82, 2.24) is 5.48 Å². The number of hydrogen-bond donors (Lipinski definition) is 1. The quantitative estimate of drug-likeness (QED) is 0.560. The van der Waals surface area contributed by atoms with Gasteiger partial charge in [-0.3, -0.25) is 0 Å². The van der Waals surface area contributed by atoms with Crippen molar-refractivity contribution in [1.29, 1.82) is 0 Å². The van der Waals surface area contributed by atoms with Gasteiger partial charge in [-0.2, -0.15) is 13.9 Å². The first kappa shape index (κ1) is 19.7. The zero-order valence-corrected chi connectivity index (χ0v) is 15.4. The van der Waals surface area contributed by atoms with Crippen LogP contribution in [0.2, 0.25) is 0 Å². The van der Waals surface area contributed by atoms with Crippen molar-refractivity contribution in [3.63, 3.8) is 0 Å². The second-order valence-corrected chi connectivity index (χ2v) is 7.09. The van der Waals surface area contributed by atoms with Crippen LogP contribution in [0.25, 0.3) is 0 Å². The van der Waals surface area contributed by atoms with E-state index in [1.807, 2.05) is 31.2 Å². The average molecular weight is 379 g/mol. The number of benzene rings is 2. The third kappa shape index (κ3) is 6.05. The molecule has 0 spiro atoms. The molecule has 140 valence electrons. The van der Waals surface area contributed by atoms with Crippen LogP contribution in [0.4, 0.5) is 4.79 Å². The van der Waals surface area contributed by atoms with Gasteiger partial charge in [-0.15, -0.1) is 4.28 Å². The molecule has 0 atom stereocenters. The van der Waals surface area contributed by atoms with Gasteiger partial charge in [0.2, 0.25) is 0 Å². The second kappa shape index (κ2) is 9.21. The summed E-state index contributed by atoms with van der Waals surface area (Å²) in [5.41, 5.74) is 3.74. The maximum absolute atomic E-state index is 11.9. The van der Waals surface area contributed by atoms with E-state index in [1.165, 1.54) is 12.1 Å². The van der Waals surface area contributed by atoms with Crippen molar-refractivity contribution in [2.45, 2.75) is 24.7 Å². The molecule has 7 nitrogen and oxygen atoms in total. The summed E-state index contributed by atoms with van der Waals surface area (Å²) in [6.07, 6.45) is 0.296. The van der Waals surface area contributed by atoms with Crippen molar-refractivity contribution in [2.75, 3.05) is 13.7 Å². The fraction of sp³-hybridized carbons (Fsp3) is 0.278. The minimum atomic E-state index is -4.08. The predicted molar refractivity (Wildman–Crippen MR) is 95.2 cm³/mol. The fourth-order valence-electron chi connectivity index (χ4n) is 2.14. The Hall–Kier alpha value is -2.58. The van der Waals surface area contributed by atoms with E-state index in [0.29, 0.717) is 12.8 Å². The van der Waals surface area contributed by atoms with E-state index in [0.717, 1.165) is 16.9 Å². The molecule has 0 aliphatic rings. The standard InChI is InChI=1S/C18H21NO6S/c1-14-8-10-17(11-9-14)26(21,22)25-19-18(20)24-12-4-6-15-5-3-7-16(13-15)23-2/h3,5,7-11,13H,4,6,12H2,1-2H3,(H,19,20). The lowest BCUT2D eigenvalue weighted by Crippen LogP contribution is -2.28. The van der Waals surface area contributed by atoms with Gasteiger partial charge in [0.05, 0.1) is 18.6 Å². The molecule has 2 aromatic carbocycles. The monoisotopic (exact) mass is 379 g/mol. The number of amides is 1. The molecular formula is C18H21NO6S. The van der Waals surface area contributed by atoms with E-state index in [2.05, 4.69) is 4.28 Å². The topological polar surface area (TPSA) is 90.9 Å². The molecule has 2 rings (SSSR count). The Morgan fingerprint density at radius 1 is 1.12 bits per heavy atom. The van der Waals surface area contributed by atoms with Gasteiger partial charge >= 0.3 is 16.2 Å². The van der Waals surface area contributed by atoms with Crippen molar-refractivity contribution < 1.29 is 27.0 Å². The van der Waals surface area contributed by atoms with E-state index >= 15 is 0 Å². The Bertz CT molecular complexity index is 833. The van der Waals surface area contributed by atoms with Crippen LogP contribution in [-0.4, -0.2) is 28.2 Å². The van der Waals surface area contributed by atoms with Gasteiger partial charge in [0.15, 0.2) is 0 Å². The molecule has 0 aliphatic carbocycles. The van der Waals surface area contributed by atoms with Crippen LogP contribution in [0.5, 0.6) is 5.75 Å². The number of rotatable bonds is 8. The van der Waals surface area contributed by atoms with E-state index in [-0.39, 0.29) is 11.5 Å². The molecule has 1 N–H and O–H groups in total. The van der Waals surface area contributed by atoms with Gasteiger partial charge in [-0.25, -0.2) is 4.79 Å². The SMILES string of the molecule is COc1cccc(CCCOC(=O)NOS(=O)(=O)c2ccc(C)cc2)c1. The van der Waals surface area contributed by atoms with Crippen LogP contribution in [0.3, 0.4) is 0 Å². The lowest BCUT2D eigenvalue weighted by molar-refractivity contribution is 0.102. The third-order valence-corrected chi connectivity index (χ3v) is 4.67. The van der Waals surface area contributed by atoms with Gasteiger partial charge in [-0.05, 0) is 49.6 Å². The first-order valence-electron chi connectivity index (χ1n) is 7.96. The molecule has 0 bridgehead atoms. The Labute approximate surface area is 153 Å². The van der Waals surface area contributed by atoms with E-state index in [1.54, 1.807) is 24.7 Å². The number of hydrogen-bond acceptors (Lipinski definition) is 6. The summed E-state index contributed by atoms with van der Waals surface area (Å²) in [7, 11) is -2.48. The number of nitrogens with one attached hydrogen (secondary N) is 1. The van der Waals surface area contributed by atoms with Crippen LogP contribution in [-0.2, 0) is 25.6 Å². The largest absolute Gasteiger partial charge is 0.497 e. The van der Waals surface area contributed by atoms with Crippen LogP contribution < -0.4 is 10.2 Å². The molecule has 0 heterocycles. The number of methoxy groups -OCH3 is 1. The highest BCUT2D eigenvalue weighted by molar-refractivity contribution is 7.86. The molecule has 1 amide bonds. The average Bonchev–Trinajstić information content (AvgIpc) is 2.64. The molecule has 2 aromatic rings. The van der Waals surface area contributed by atoms with Crippen molar-refractivity contribution in [3.05, 3.63) is 59.7 Å². The Balaban J connectivity index is 1.72. The summed E-state index contributed by atoms with van der Waals surface area (Å²) in [4.78, 5) is 11.5. The molecule has 0 saturated carbocycles. The Kier molecular flexibility index (Phi) is 6.99. The fourth-order valence-corrected chi connectivity index (χ4v) is 2.88. The zero-order valence-electron chi connectivity index (χ0n) is 14.6. The summed E-state index contributed by atoms with van der Waals surface area (Å²) in [6.45, 7) is 1.95. The van der Waals surface area contributed by atoms with Crippen molar-refractivity contribution in [2.24, 2.45) is 0 Å². The highest BCUT2D eigenvalue weighted by atomic mass is 32.2. The molecular weight excluding hydrogens is 358 g/mol. The lowest BCUT2D eigenvalue weighted by atomic mass is 10.1. The van der Waals surface area contributed by atoms with E-state index < -0.39 is 16.2 Å². The highest BCUT2D eigenvalue weighted by Crippen LogP contribution is 2.14. The molecule has 8 heteroatoms. The number of aryl methyl sites for hydroxylation is 2. The Morgan fingerprint density at radius 2 is 1.85 bits per heavy atom. The number of hydroxylamine groups is 1. The smallest absolute Gasteiger partial charge is 0.432 e. The number of carbonyl (C=O) groups is 1. The van der Waals surface area contributed by atoms with Gasteiger partial charge in [0, 0.05) is 0 Å². The first-order chi connectivity index (χ1) is 12.4. The molecule has 0 aromatic heterocycles. The van der Waals surface area contributed by atoms with Gasteiger partial charge in [-0.1, -0.05) is 29.8 Å². The van der Waals surface area contributed by atoms with Gasteiger partial charge in [0.1, 0.15) is 5.75 Å². The highest BCUT2D eigenvalue weighted by Gasteiger charge is 2.17. The van der Waals surface area contributed by atoms with Gasteiger partial charge < -0.3 is 9.47 Å². The van der Waals surface area contributed by atoms with E-state index in [4.69, 9.17) is 9.47 Å². The van der Waals surface area contributed by atoms with Crippen LogP contribution >= 0.6 is 0 Å². The van der Waals surface area contributed by atoms with Crippen LogP contribution in [0.15, 0.2) is 53.4 Å². The zero-order chi connectivity index (χ0) is 19.0. The lowest BCUT2D eigenvalue weighted by Gasteiger charge is -2.08. The Morgan fingerprint density at radius 3 is 2.54 bits per heavy atom. The normalized spacial score (nSPS) is 11.0. The maximum Gasteiger partial charge on any atom is 0.432 e. The van der Waals surface area contributed by atoms with Crippen molar-refractivity contribution in [3.8, 4) is 5.75 Å². The molecule has 0 saturated heterocycles. The molecule has 0 fully saturated rings. The minimum absolute atomic E-state index is 0.0542. The number of carbonyl (C=O) groups excluding carboxylic acids is 1. The summed E-state index contributed by atoms with van der Waals surface area (Å²) in [5.74, 6) is 0.760. The summed E-state index contributed by atoms with van der Waals surface area (Å²) in [6, 6.07) is 13.6. The molecule has 26 heavy (non-hydrogen) atoms. The summed E-state index contributed by atoms with van der Waals surface area (Å²) in [5, 5.41) is 0. The maximum atomic E-state index is 11.9. The predicted octanol–water partition coefficient (Wildman–Crippen LogP) is 2.98.